The molecule has 274 valence electrons. The number of aromatic nitrogens is 6. The molecular weight excluding hydrogens is 689 g/mol. The Morgan fingerprint density at radius 1 is 0.596 bits per heavy atom. The Morgan fingerprint density at radius 2 is 1.00 bits per heavy atom. The zero-order valence-electron chi connectivity index (χ0n) is 30.5. The first kappa shape index (κ1) is 33.2. The molecule has 4 aromatic heterocycles. The van der Waals surface area contributed by atoms with Crippen molar-refractivity contribution in [3.05, 3.63) is 36.4 Å². The number of hydrogen-bond donors (Lipinski definition) is 4. The zero-order valence-corrected chi connectivity index (χ0v) is 32.1. The molecule has 12 heteroatoms. The summed E-state index contributed by atoms with van der Waals surface area (Å²) in [6.07, 6.45) is 25.4. The van der Waals surface area contributed by atoms with Crippen LogP contribution in [-0.2, 0) is 20.4 Å². The van der Waals surface area contributed by atoms with E-state index in [0.29, 0.717) is 11.8 Å². The minimum Gasteiger partial charge on any atom is -0.356 e. The summed E-state index contributed by atoms with van der Waals surface area (Å²) < 4.78 is 0. The number of aromatic amines is 2. The van der Waals surface area contributed by atoms with Gasteiger partial charge in [-0.15, -0.1) is 22.7 Å². The number of amides is 2. The molecule has 0 bridgehead atoms. The van der Waals surface area contributed by atoms with Gasteiger partial charge in [-0.3, -0.25) is 9.59 Å². The van der Waals surface area contributed by atoms with Crippen LogP contribution >= 0.6 is 22.7 Å². The molecule has 10 rings (SSSR count). The number of carbonyl (C=O) groups excluding carboxylic acids is 2. The third kappa shape index (κ3) is 5.52. The molecule has 6 fully saturated rings. The molecule has 0 aromatic carbocycles. The summed E-state index contributed by atoms with van der Waals surface area (Å²) in [5.74, 6) is 2.69. The summed E-state index contributed by atoms with van der Waals surface area (Å²) in [7, 11) is 0. The fourth-order valence-electron chi connectivity index (χ4n) is 9.32. The van der Waals surface area contributed by atoms with Crippen molar-refractivity contribution in [1.29, 1.82) is 0 Å². The van der Waals surface area contributed by atoms with E-state index in [9.17, 15) is 9.59 Å². The van der Waals surface area contributed by atoms with Gasteiger partial charge in [0.2, 0.25) is 11.8 Å². The number of nitrogens with zero attached hydrogens (tertiary/aromatic N) is 4. The van der Waals surface area contributed by atoms with E-state index in [-0.39, 0.29) is 32.5 Å². The molecule has 6 aliphatic rings. The number of thiazole rings is 2. The minimum atomic E-state index is -0.0644. The van der Waals surface area contributed by atoms with Crippen LogP contribution in [0.2, 0.25) is 0 Å². The minimum absolute atomic E-state index is 0.0644. The van der Waals surface area contributed by atoms with Crippen LogP contribution in [0.3, 0.4) is 0 Å². The second-order valence-electron chi connectivity index (χ2n) is 17.9. The Morgan fingerprint density at radius 3 is 1.35 bits per heavy atom. The van der Waals surface area contributed by atoms with Crippen molar-refractivity contribution in [2.75, 3.05) is 13.1 Å². The van der Waals surface area contributed by atoms with Crippen molar-refractivity contribution in [3.8, 4) is 31.2 Å². The van der Waals surface area contributed by atoms with Gasteiger partial charge >= 0.3 is 0 Å². The maximum Gasteiger partial charge on any atom is 0.226 e. The van der Waals surface area contributed by atoms with Crippen molar-refractivity contribution in [2.24, 2.45) is 21.7 Å². The van der Waals surface area contributed by atoms with E-state index in [2.05, 4.69) is 34.4 Å². The number of imidazole rings is 2. The van der Waals surface area contributed by atoms with Crippen molar-refractivity contribution < 1.29 is 9.59 Å². The highest BCUT2D eigenvalue weighted by atomic mass is 32.1. The van der Waals surface area contributed by atoms with Gasteiger partial charge in [-0.2, -0.15) is 0 Å². The van der Waals surface area contributed by atoms with Crippen molar-refractivity contribution >= 4 is 34.5 Å². The van der Waals surface area contributed by atoms with Gasteiger partial charge in [-0.1, -0.05) is 13.8 Å². The smallest absolute Gasteiger partial charge is 0.226 e. The molecule has 4 N–H and O–H groups in total. The van der Waals surface area contributed by atoms with Crippen LogP contribution in [-0.4, -0.2) is 54.8 Å². The van der Waals surface area contributed by atoms with E-state index in [1.165, 1.54) is 25.7 Å². The van der Waals surface area contributed by atoms with Gasteiger partial charge in [0.05, 0.1) is 44.4 Å². The van der Waals surface area contributed by atoms with Gasteiger partial charge < -0.3 is 20.6 Å². The molecule has 2 amide bonds. The topological polar surface area (TPSA) is 141 Å². The van der Waals surface area contributed by atoms with Crippen LogP contribution in [0.5, 0.6) is 0 Å². The Bertz CT molecular complexity index is 1880. The maximum absolute atomic E-state index is 12.9. The van der Waals surface area contributed by atoms with Gasteiger partial charge in [0.25, 0.3) is 0 Å². The normalized spacial score (nSPS) is 23.8. The molecule has 0 radical (unpaired) electrons. The average molecular weight is 739 g/mol. The fourth-order valence-corrected chi connectivity index (χ4v) is 11.1. The van der Waals surface area contributed by atoms with E-state index in [0.717, 1.165) is 133 Å². The second kappa shape index (κ2) is 11.6. The Hall–Kier alpha value is -3.38. The van der Waals surface area contributed by atoms with Crippen LogP contribution in [0.25, 0.3) is 31.2 Å². The summed E-state index contributed by atoms with van der Waals surface area (Å²) >= 11 is 3.32. The van der Waals surface area contributed by atoms with Crippen molar-refractivity contribution in [1.82, 2.24) is 40.5 Å². The first-order valence-corrected chi connectivity index (χ1v) is 21.3. The summed E-state index contributed by atoms with van der Waals surface area (Å²) in [6.45, 7) is 6.08. The molecule has 4 heterocycles. The summed E-state index contributed by atoms with van der Waals surface area (Å²) in [5, 5.41) is 8.42. The van der Waals surface area contributed by atoms with E-state index in [1.807, 2.05) is 24.8 Å². The lowest BCUT2D eigenvalue weighted by molar-refractivity contribution is -0.129. The zero-order chi connectivity index (χ0) is 35.4. The number of hydrogen-bond acceptors (Lipinski definition) is 8. The lowest BCUT2D eigenvalue weighted by Gasteiger charge is -2.22. The monoisotopic (exact) mass is 738 g/mol. The van der Waals surface area contributed by atoms with Crippen LogP contribution in [0.15, 0.2) is 24.8 Å². The highest BCUT2D eigenvalue weighted by molar-refractivity contribution is 7.24. The number of nitrogens with one attached hydrogen (secondary N) is 4. The molecule has 10 nitrogen and oxygen atoms in total. The van der Waals surface area contributed by atoms with E-state index < -0.39 is 0 Å². The Kier molecular flexibility index (Phi) is 7.38. The lowest BCUT2D eigenvalue weighted by Crippen LogP contribution is -2.37. The Balaban J connectivity index is 0.723. The number of H-pyrrole nitrogens is 2. The maximum atomic E-state index is 12.9. The SMILES string of the molecule is CC1(C2(C(=O)NCCCC3(c4ncc(-c5ncc(-c6cnc(-c7cnc(C8(CCCNC(=O)C9(C%10(C)CC%10)CC9)CC8)[nH]7)s6)s5)[nH]4)CC3)CC2)CC1. The van der Waals surface area contributed by atoms with Gasteiger partial charge in [0, 0.05) is 36.3 Å². The van der Waals surface area contributed by atoms with Gasteiger partial charge in [0.15, 0.2) is 0 Å². The molecule has 0 spiro atoms. The largest absolute Gasteiger partial charge is 0.356 e. The lowest BCUT2D eigenvalue weighted by atomic mass is 9.86. The van der Waals surface area contributed by atoms with Crippen LogP contribution < -0.4 is 10.6 Å². The van der Waals surface area contributed by atoms with Crippen molar-refractivity contribution in [2.45, 2.75) is 127 Å². The predicted molar refractivity (Wildman–Crippen MR) is 203 cm³/mol. The standard InChI is InChI=1S/C40H50N8O2S2/c1-35(7-8-35)39(15-16-39)33(49)41-19-3-5-37(11-12-37)31-45-21-25(47-31)29-43-23-27(51-29)28-24-44-30(52-28)26-22-46-32(48-26)38(13-14-38)6-4-20-42-34(50)40(17-18-40)36(2)9-10-36/h21-24H,3-20H2,1-2H3,(H,41,49)(H,42,50)(H,45,47)(H,46,48). The van der Waals surface area contributed by atoms with Crippen LogP contribution in [0.1, 0.15) is 128 Å². The van der Waals surface area contributed by atoms with Gasteiger partial charge in [-0.05, 0) is 114 Å². The third-order valence-corrected chi connectivity index (χ3v) is 16.8. The molecule has 4 aromatic rings. The first-order chi connectivity index (χ1) is 25.1. The fraction of sp³-hybridized carbons (Fsp3) is 0.650. The summed E-state index contributed by atoms with van der Waals surface area (Å²) in [5.41, 5.74) is 2.51. The molecular formula is C40H50N8O2S2. The summed E-state index contributed by atoms with van der Waals surface area (Å²) in [4.78, 5) is 54.5. The van der Waals surface area contributed by atoms with E-state index in [1.54, 1.807) is 22.7 Å². The van der Waals surface area contributed by atoms with Crippen LogP contribution in [0.4, 0.5) is 0 Å². The molecule has 52 heavy (non-hydrogen) atoms. The van der Waals surface area contributed by atoms with Crippen LogP contribution in [0, 0.1) is 21.7 Å². The molecule has 6 saturated carbocycles. The number of carbonyl (C=O) groups is 2. The first-order valence-electron chi connectivity index (χ1n) is 19.7. The molecule has 6 aliphatic carbocycles. The van der Waals surface area contributed by atoms with E-state index >= 15 is 0 Å². The highest BCUT2D eigenvalue weighted by Crippen LogP contribution is 2.71. The second-order valence-corrected chi connectivity index (χ2v) is 20.0. The molecule has 0 atom stereocenters. The van der Waals surface area contributed by atoms with Gasteiger partial charge in [-0.25, -0.2) is 19.9 Å². The van der Waals surface area contributed by atoms with Gasteiger partial charge in [0.1, 0.15) is 21.7 Å². The third-order valence-electron chi connectivity index (χ3n) is 14.5. The quantitative estimate of drug-likeness (QED) is 0.0808. The number of rotatable bonds is 17. The predicted octanol–water partition coefficient (Wildman–Crippen LogP) is 8.06. The highest BCUT2D eigenvalue weighted by Gasteiger charge is 2.67. The molecule has 0 aliphatic heterocycles. The van der Waals surface area contributed by atoms with Crippen molar-refractivity contribution in [3.63, 3.8) is 0 Å². The summed E-state index contributed by atoms with van der Waals surface area (Å²) in [6, 6.07) is 0. The van der Waals surface area contributed by atoms with E-state index in [4.69, 9.17) is 19.9 Å². The molecule has 0 saturated heterocycles. The Labute approximate surface area is 313 Å². The average Bonchev–Trinajstić information content (AvgIpc) is 3.82. The molecule has 0 unspecified atom stereocenters.